The fraction of sp³-hybridized carbons (Fsp3) is 0.400. The van der Waals surface area contributed by atoms with Gasteiger partial charge in [-0.25, -0.2) is 9.97 Å². The van der Waals surface area contributed by atoms with E-state index in [-0.39, 0.29) is 36.4 Å². The molecule has 3 rings (SSSR count). The summed E-state index contributed by atoms with van der Waals surface area (Å²) in [5.74, 6) is -1.52. The smallest absolute Gasteiger partial charge is 0.323 e. The maximum absolute atomic E-state index is 12.9. The summed E-state index contributed by atoms with van der Waals surface area (Å²) in [6, 6.07) is 5.48. The lowest BCUT2D eigenvalue weighted by Crippen LogP contribution is -2.42. The molecule has 0 atom stereocenters. The van der Waals surface area contributed by atoms with E-state index in [2.05, 4.69) is 35.6 Å². The van der Waals surface area contributed by atoms with Gasteiger partial charge in [-0.15, -0.1) is 0 Å². The van der Waals surface area contributed by atoms with Crippen LogP contribution < -0.4 is 4.90 Å². The number of nitrogens with zero attached hydrogens (tertiary/aromatic N) is 5. The van der Waals surface area contributed by atoms with Gasteiger partial charge >= 0.3 is 5.97 Å². The molecule has 0 saturated heterocycles. The number of amides is 1. The van der Waals surface area contributed by atoms with Crippen LogP contribution in [-0.4, -0.2) is 60.3 Å². The molecule has 0 aliphatic rings. The van der Waals surface area contributed by atoms with Gasteiger partial charge in [-0.1, -0.05) is 0 Å². The number of Topliss-reactive ketones (excluding diaryl/α,β-unsaturated/α-hetero) is 1. The Bertz CT molecular complexity index is 1210. The zero-order valence-electron chi connectivity index (χ0n) is 20.4. The number of carboxylic acid groups (broad SMARTS) is 1. The second-order valence-corrected chi connectivity index (χ2v) is 9.54. The van der Waals surface area contributed by atoms with Gasteiger partial charge in [-0.2, -0.15) is 0 Å². The number of hydrogen-bond donors (Lipinski definition) is 1. The van der Waals surface area contributed by atoms with Gasteiger partial charge in [0.2, 0.25) is 5.91 Å². The molecule has 2 aromatic heterocycles. The van der Waals surface area contributed by atoms with Crippen LogP contribution in [0.1, 0.15) is 51.9 Å². The Hall–Kier alpha value is -3.75. The summed E-state index contributed by atoms with van der Waals surface area (Å²) in [6.07, 6.45) is 6.62. The number of aromatic nitrogens is 3. The van der Waals surface area contributed by atoms with Gasteiger partial charge in [-0.3, -0.25) is 14.4 Å². The monoisotopic (exact) mass is 465 g/mol. The van der Waals surface area contributed by atoms with E-state index in [0.29, 0.717) is 5.56 Å². The van der Waals surface area contributed by atoms with Gasteiger partial charge < -0.3 is 19.5 Å². The highest BCUT2D eigenvalue weighted by Crippen LogP contribution is 2.35. The van der Waals surface area contributed by atoms with Gasteiger partial charge in [0.05, 0.1) is 18.1 Å². The molecule has 9 heteroatoms. The van der Waals surface area contributed by atoms with E-state index in [1.165, 1.54) is 18.2 Å². The lowest BCUT2D eigenvalue weighted by Gasteiger charge is -2.37. The van der Waals surface area contributed by atoms with Gasteiger partial charge in [0.1, 0.15) is 19.4 Å². The van der Waals surface area contributed by atoms with Gasteiger partial charge in [-0.05, 0) is 59.7 Å². The van der Waals surface area contributed by atoms with Crippen molar-refractivity contribution in [2.24, 2.45) is 0 Å². The molecule has 0 fully saturated rings. The van der Waals surface area contributed by atoms with Crippen molar-refractivity contribution in [3.8, 4) is 0 Å². The molecule has 34 heavy (non-hydrogen) atoms. The van der Waals surface area contributed by atoms with Crippen LogP contribution in [0, 0.1) is 0 Å². The highest BCUT2D eigenvalue weighted by atomic mass is 16.4. The minimum atomic E-state index is -1.07. The molecule has 180 valence electrons. The van der Waals surface area contributed by atoms with Crippen molar-refractivity contribution in [1.29, 1.82) is 0 Å². The molecule has 0 saturated carbocycles. The zero-order valence-corrected chi connectivity index (χ0v) is 20.4. The first-order chi connectivity index (χ1) is 15.9. The molecule has 1 aromatic carbocycles. The van der Waals surface area contributed by atoms with Crippen LogP contribution in [-0.2, 0) is 16.1 Å². The molecule has 1 N–H and O–H groups in total. The molecule has 0 bridgehead atoms. The van der Waals surface area contributed by atoms with E-state index >= 15 is 0 Å². The fourth-order valence-electron chi connectivity index (χ4n) is 4.11. The SMILES string of the molecule is CC(=O)c1cn(CC(=O)N(CC(=O)O)C(C)C)c2ccc(N(c3cncnc3)C(C)(C)C)cc12. The topological polar surface area (TPSA) is 109 Å². The number of fused-ring (bicyclic) bond motifs is 1. The maximum atomic E-state index is 12.9. The fourth-order valence-corrected chi connectivity index (χ4v) is 4.11. The van der Waals surface area contributed by atoms with Crippen LogP contribution >= 0.6 is 0 Å². The number of hydrogen-bond acceptors (Lipinski definition) is 6. The maximum Gasteiger partial charge on any atom is 0.323 e. The number of anilines is 2. The Labute approximate surface area is 199 Å². The Kier molecular flexibility index (Phi) is 7.04. The molecular formula is C25H31N5O4. The molecule has 0 spiro atoms. The molecule has 0 aliphatic heterocycles. The number of rotatable bonds is 8. The predicted molar refractivity (Wildman–Crippen MR) is 130 cm³/mol. The van der Waals surface area contributed by atoms with E-state index in [1.54, 1.807) is 37.0 Å². The molecular weight excluding hydrogens is 434 g/mol. The molecule has 0 aliphatic carbocycles. The van der Waals surface area contributed by atoms with Crippen LogP contribution in [0.3, 0.4) is 0 Å². The number of carbonyl (C=O) groups excluding carboxylic acids is 2. The molecule has 2 heterocycles. The standard InChI is InChI=1S/C25H31N5O4/c1-16(2)29(14-24(33)34)23(32)13-28-12-21(17(3)31)20-9-18(7-8-22(20)28)30(25(4,5)6)19-10-26-15-27-11-19/h7-12,15-16H,13-14H2,1-6H3,(H,33,34). The third kappa shape index (κ3) is 5.24. The van der Waals surface area contributed by atoms with Gasteiger partial charge in [0.15, 0.2) is 5.78 Å². The zero-order chi connectivity index (χ0) is 25.2. The summed E-state index contributed by atoms with van der Waals surface area (Å²) in [6.45, 7) is 10.8. The largest absolute Gasteiger partial charge is 0.480 e. The lowest BCUT2D eigenvalue weighted by molar-refractivity contribution is -0.146. The van der Waals surface area contributed by atoms with Gasteiger partial charge in [0, 0.05) is 39.9 Å². The molecule has 1 amide bonds. The average molecular weight is 466 g/mol. The van der Waals surface area contributed by atoms with Crippen LogP contribution in [0.25, 0.3) is 10.9 Å². The first kappa shape index (κ1) is 24.9. The first-order valence-electron chi connectivity index (χ1n) is 11.1. The Balaban J connectivity index is 2.08. The van der Waals surface area contributed by atoms with Gasteiger partial charge in [0.25, 0.3) is 0 Å². The molecule has 9 nitrogen and oxygen atoms in total. The molecule has 3 aromatic rings. The Morgan fingerprint density at radius 1 is 1.09 bits per heavy atom. The summed E-state index contributed by atoms with van der Waals surface area (Å²) >= 11 is 0. The second kappa shape index (κ2) is 9.62. The Morgan fingerprint density at radius 2 is 1.74 bits per heavy atom. The minimum Gasteiger partial charge on any atom is -0.480 e. The summed E-state index contributed by atoms with van der Waals surface area (Å²) in [5, 5.41) is 9.90. The second-order valence-electron chi connectivity index (χ2n) is 9.54. The molecule has 0 unspecified atom stereocenters. The van der Waals surface area contributed by atoms with Crippen molar-refractivity contribution in [1.82, 2.24) is 19.4 Å². The van der Waals surface area contributed by atoms with Crippen molar-refractivity contribution >= 4 is 39.9 Å². The van der Waals surface area contributed by atoms with E-state index in [4.69, 9.17) is 0 Å². The van der Waals surface area contributed by atoms with E-state index in [1.807, 2.05) is 18.2 Å². The minimum absolute atomic E-state index is 0.0654. The summed E-state index contributed by atoms with van der Waals surface area (Å²) in [7, 11) is 0. The normalized spacial score (nSPS) is 11.6. The van der Waals surface area contributed by atoms with Crippen LogP contribution in [0.2, 0.25) is 0 Å². The van der Waals surface area contributed by atoms with Crippen LogP contribution in [0.4, 0.5) is 11.4 Å². The van der Waals surface area contributed by atoms with E-state index < -0.39 is 5.97 Å². The summed E-state index contributed by atoms with van der Waals surface area (Å²) in [5.41, 5.74) is 2.59. The lowest BCUT2D eigenvalue weighted by atomic mass is 10.0. The Morgan fingerprint density at radius 3 is 2.26 bits per heavy atom. The van der Waals surface area contributed by atoms with Crippen molar-refractivity contribution in [3.63, 3.8) is 0 Å². The number of benzene rings is 1. The van der Waals surface area contributed by atoms with Crippen molar-refractivity contribution < 1.29 is 19.5 Å². The van der Waals surface area contributed by atoms with Crippen LogP contribution in [0.15, 0.2) is 43.1 Å². The summed E-state index contributed by atoms with van der Waals surface area (Å²) in [4.78, 5) is 48.3. The van der Waals surface area contributed by atoms with Crippen molar-refractivity contribution in [3.05, 3.63) is 48.7 Å². The van der Waals surface area contributed by atoms with Crippen molar-refractivity contribution in [2.75, 3.05) is 11.4 Å². The third-order valence-electron chi connectivity index (χ3n) is 5.53. The molecule has 0 radical (unpaired) electrons. The number of ketones is 1. The summed E-state index contributed by atoms with van der Waals surface area (Å²) < 4.78 is 1.71. The quantitative estimate of drug-likeness (QED) is 0.503. The highest BCUT2D eigenvalue weighted by Gasteiger charge is 2.26. The van der Waals surface area contributed by atoms with Crippen molar-refractivity contribution in [2.45, 2.75) is 59.7 Å². The number of aliphatic carboxylic acids is 1. The number of carboxylic acids is 1. The highest BCUT2D eigenvalue weighted by molar-refractivity contribution is 6.08. The van der Waals surface area contributed by atoms with E-state index in [9.17, 15) is 19.5 Å². The van der Waals surface area contributed by atoms with Crippen LogP contribution in [0.5, 0.6) is 0 Å². The first-order valence-corrected chi connectivity index (χ1v) is 11.1. The van der Waals surface area contributed by atoms with E-state index in [0.717, 1.165) is 22.3 Å². The third-order valence-corrected chi connectivity index (χ3v) is 5.53. The number of carbonyl (C=O) groups is 3. The predicted octanol–water partition coefficient (Wildman–Crippen LogP) is 3.89. The average Bonchev–Trinajstić information content (AvgIpc) is 3.09.